The third kappa shape index (κ3) is 4.64. The number of benzodiazepines with no additional fused rings is 1. The third-order valence-electron chi connectivity index (χ3n) is 4.93. The second kappa shape index (κ2) is 9.26. The van der Waals surface area contributed by atoms with Crippen molar-refractivity contribution in [1.82, 2.24) is 5.32 Å². The molecule has 6 heteroatoms. The van der Waals surface area contributed by atoms with E-state index >= 15 is 0 Å². The molecule has 0 spiro atoms. The number of aliphatic imine (C=N–C) groups is 1. The number of carbonyl (C=O) groups is 2. The number of likely N-dealkylation sites (N-methyl/N-ethyl adjacent to an activating group) is 1. The smallest absolute Gasteiger partial charge is 0.311 e. The predicted molar refractivity (Wildman–Crippen MR) is 126 cm³/mol. The molecule has 3 aromatic rings. The Kier molecular flexibility index (Phi) is 6.50. The normalized spacial score (nSPS) is 15.2. The van der Waals surface area contributed by atoms with Crippen molar-refractivity contribution in [1.29, 1.82) is 0 Å². The second-order valence-electron chi connectivity index (χ2n) is 7.13. The summed E-state index contributed by atoms with van der Waals surface area (Å²) in [5.74, 6) is -0.312. The minimum atomic E-state index is -1.05. The van der Waals surface area contributed by atoms with Crippen LogP contribution < -0.4 is 15.5 Å². The first-order chi connectivity index (χ1) is 14.5. The van der Waals surface area contributed by atoms with Gasteiger partial charge in [0.2, 0.25) is 6.17 Å². The first-order valence-corrected chi connectivity index (χ1v) is 9.67. The highest BCUT2D eigenvalue weighted by atomic mass is 16.2. The Morgan fingerprint density at radius 2 is 1.68 bits per heavy atom. The Labute approximate surface area is 182 Å². The van der Waals surface area contributed by atoms with Crippen LogP contribution in [-0.2, 0) is 4.79 Å². The first-order valence-electron chi connectivity index (χ1n) is 9.67. The average Bonchev–Trinajstić information content (AvgIpc) is 2.85. The molecule has 0 fully saturated rings. The SMILES string of the molecule is C.Cc1cccc(NC(=O)N[C@@H]2N=C(c3ccccc3)c3ccccc3N(C)C2=O)c1. The van der Waals surface area contributed by atoms with Crippen LogP contribution in [0.25, 0.3) is 0 Å². The van der Waals surface area contributed by atoms with Crippen LogP contribution in [0, 0.1) is 6.92 Å². The molecule has 0 unspecified atom stereocenters. The second-order valence-corrected chi connectivity index (χ2v) is 7.13. The van der Waals surface area contributed by atoms with E-state index in [1.54, 1.807) is 13.1 Å². The number of amides is 3. The van der Waals surface area contributed by atoms with E-state index in [9.17, 15) is 9.59 Å². The molecule has 1 aliphatic rings. The number of nitrogens with zero attached hydrogens (tertiary/aromatic N) is 2. The number of urea groups is 1. The van der Waals surface area contributed by atoms with E-state index in [-0.39, 0.29) is 13.3 Å². The predicted octanol–water partition coefficient (Wildman–Crippen LogP) is 4.59. The lowest BCUT2D eigenvalue weighted by molar-refractivity contribution is -0.119. The maximum absolute atomic E-state index is 13.1. The summed E-state index contributed by atoms with van der Waals surface area (Å²) in [6.07, 6.45) is -1.05. The summed E-state index contributed by atoms with van der Waals surface area (Å²) in [6, 6.07) is 24.2. The highest BCUT2D eigenvalue weighted by molar-refractivity contribution is 6.20. The van der Waals surface area contributed by atoms with Crippen molar-refractivity contribution in [3.8, 4) is 0 Å². The lowest BCUT2D eigenvalue weighted by Gasteiger charge is -2.21. The third-order valence-corrected chi connectivity index (χ3v) is 4.93. The van der Waals surface area contributed by atoms with Crippen LogP contribution in [0.3, 0.4) is 0 Å². The first kappa shape index (κ1) is 21.8. The summed E-state index contributed by atoms with van der Waals surface area (Å²) in [7, 11) is 1.69. The van der Waals surface area contributed by atoms with E-state index < -0.39 is 12.2 Å². The summed E-state index contributed by atoms with van der Waals surface area (Å²) in [5, 5.41) is 5.48. The molecule has 0 saturated heterocycles. The van der Waals surface area contributed by atoms with Crippen molar-refractivity contribution >= 4 is 29.0 Å². The maximum atomic E-state index is 13.1. The number of carbonyl (C=O) groups excluding carboxylic acids is 2. The van der Waals surface area contributed by atoms with Crippen LogP contribution in [-0.4, -0.2) is 30.9 Å². The lowest BCUT2D eigenvalue weighted by atomic mass is 10.0. The molecular formula is C25H26N4O2. The Balaban J connectivity index is 0.00000272. The fourth-order valence-electron chi connectivity index (χ4n) is 3.46. The number of hydrogen-bond donors (Lipinski definition) is 2. The molecule has 3 aromatic carbocycles. The standard InChI is InChI=1S/C24H22N4O2.CH4/c1-16-9-8-12-18(15-16)25-24(30)27-22-23(29)28(2)20-14-7-6-13-19(20)21(26-22)17-10-4-3-5-11-17;/h3-15,22H,1-2H3,(H2,25,27,30);1H4/t22-;/m0./s1. The molecule has 31 heavy (non-hydrogen) atoms. The molecule has 0 aromatic heterocycles. The average molecular weight is 415 g/mol. The van der Waals surface area contributed by atoms with E-state index in [0.29, 0.717) is 11.4 Å². The monoisotopic (exact) mass is 414 g/mol. The Hall–Kier alpha value is -3.93. The molecule has 0 radical (unpaired) electrons. The van der Waals surface area contributed by atoms with Gasteiger partial charge in [-0.05, 0) is 30.7 Å². The van der Waals surface area contributed by atoms with E-state index in [2.05, 4.69) is 15.6 Å². The van der Waals surface area contributed by atoms with Gasteiger partial charge in [0.05, 0.1) is 11.4 Å². The maximum Gasteiger partial charge on any atom is 0.321 e. The van der Waals surface area contributed by atoms with Gasteiger partial charge in [0.15, 0.2) is 0 Å². The molecular weight excluding hydrogens is 388 g/mol. The molecule has 4 rings (SSSR count). The summed E-state index contributed by atoms with van der Waals surface area (Å²) in [5.41, 5.74) is 4.79. The van der Waals surface area contributed by atoms with Crippen molar-refractivity contribution in [3.63, 3.8) is 0 Å². The van der Waals surface area contributed by atoms with Gasteiger partial charge in [-0.2, -0.15) is 0 Å². The van der Waals surface area contributed by atoms with Gasteiger partial charge in [-0.15, -0.1) is 0 Å². The van der Waals surface area contributed by atoms with Crippen LogP contribution >= 0.6 is 0 Å². The van der Waals surface area contributed by atoms with Gasteiger partial charge in [-0.25, -0.2) is 9.79 Å². The summed E-state index contributed by atoms with van der Waals surface area (Å²) in [6.45, 7) is 1.94. The van der Waals surface area contributed by atoms with Crippen molar-refractivity contribution in [2.45, 2.75) is 20.5 Å². The topological polar surface area (TPSA) is 73.8 Å². The zero-order valence-corrected chi connectivity index (χ0v) is 16.8. The number of rotatable bonds is 3. The number of hydrogen-bond acceptors (Lipinski definition) is 3. The Morgan fingerprint density at radius 1 is 0.968 bits per heavy atom. The molecule has 158 valence electrons. The fourth-order valence-corrected chi connectivity index (χ4v) is 3.46. The van der Waals surface area contributed by atoms with Crippen LogP contribution in [0.5, 0.6) is 0 Å². The van der Waals surface area contributed by atoms with Crippen molar-refractivity contribution < 1.29 is 9.59 Å². The van der Waals surface area contributed by atoms with Gasteiger partial charge in [0, 0.05) is 23.9 Å². The van der Waals surface area contributed by atoms with Crippen LogP contribution in [0.15, 0.2) is 83.9 Å². The Bertz CT molecular complexity index is 1130. The summed E-state index contributed by atoms with van der Waals surface area (Å²) < 4.78 is 0. The van der Waals surface area contributed by atoms with E-state index in [1.807, 2.05) is 79.7 Å². The number of anilines is 2. The van der Waals surface area contributed by atoms with Gasteiger partial charge >= 0.3 is 6.03 Å². The van der Waals surface area contributed by atoms with Gasteiger partial charge in [-0.3, -0.25) is 4.79 Å². The largest absolute Gasteiger partial charge is 0.321 e. The van der Waals surface area contributed by atoms with Gasteiger partial charge in [0.25, 0.3) is 5.91 Å². The molecule has 1 heterocycles. The van der Waals surface area contributed by atoms with Gasteiger partial charge in [-0.1, -0.05) is 68.1 Å². The molecule has 3 amide bonds. The summed E-state index contributed by atoms with van der Waals surface area (Å²) >= 11 is 0. The highest BCUT2D eigenvalue weighted by Gasteiger charge is 2.30. The molecule has 1 atom stereocenters. The summed E-state index contributed by atoms with van der Waals surface area (Å²) in [4.78, 5) is 31.9. The van der Waals surface area contributed by atoms with Crippen LogP contribution in [0.4, 0.5) is 16.2 Å². The van der Waals surface area contributed by atoms with E-state index in [0.717, 1.165) is 22.4 Å². The van der Waals surface area contributed by atoms with Gasteiger partial charge in [0.1, 0.15) is 0 Å². The van der Waals surface area contributed by atoms with Crippen molar-refractivity contribution in [2.75, 3.05) is 17.3 Å². The van der Waals surface area contributed by atoms with Crippen molar-refractivity contribution in [2.24, 2.45) is 4.99 Å². The molecule has 6 nitrogen and oxygen atoms in total. The number of fused-ring (bicyclic) bond motifs is 1. The highest BCUT2D eigenvalue weighted by Crippen LogP contribution is 2.27. The van der Waals surface area contributed by atoms with Crippen molar-refractivity contribution in [3.05, 3.63) is 95.6 Å². The number of para-hydroxylation sites is 1. The molecule has 0 saturated carbocycles. The number of aryl methyl sites for hydroxylation is 1. The number of nitrogens with one attached hydrogen (secondary N) is 2. The van der Waals surface area contributed by atoms with Crippen LogP contribution in [0.2, 0.25) is 0 Å². The lowest BCUT2D eigenvalue weighted by Crippen LogP contribution is -2.47. The van der Waals surface area contributed by atoms with Gasteiger partial charge < -0.3 is 15.5 Å². The number of benzene rings is 3. The minimum Gasteiger partial charge on any atom is -0.311 e. The van der Waals surface area contributed by atoms with E-state index in [1.165, 1.54) is 4.90 Å². The zero-order chi connectivity index (χ0) is 21.1. The zero-order valence-electron chi connectivity index (χ0n) is 16.8. The molecule has 0 aliphatic carbocycles. The molecule has 1 aliphatic heterocycles. The quantitative estimate of drug-likeness (QED) is 0.658. The Morgan fingerprint density at radius 3 is 2.42 bits per heavy atom. The van der Waals surface area contributed by atoms with E-state index in [4.69, 9.17) is 0 Å². The minimum absolute atomic E-state index is 0. The molecule has 0 bridgehead atoms. The van der Waals surface area contributed by atoms with Crippen LogP contribution in [0.1, 0.15) is 24.1 Å². The fraction of sp³-hybridized carbons (Fsp3) is 0.160. The molecule has 2 N–H and O–H groups in total.